The molecular formula is C21H27N3O6. The monoisotopic (exact) mass is 417 g/mol. The number of rotatable bonds is 7. The second-order valence-corrected chi connectivity index (χ2v) is 7.50. The van der Waals surface area contributed by atoms with Crippen molar-refractivity contribution in [3.8, 4) is 6.07 Å². The Morgan fingerprint density at radius 2 is 1.67 bits per heavy atom. The number of benzene rings is 1. The van der Waals surface area contributed by atoms with E-state index >= 15 is 0 Å². The van der Waals surface area contributed by atoms with Crippen molar-refractivity contribution in [2.45, 2.75) is 38.3 Å². The molecule has 1 amide bonds. The molecule has 2 aliphatic rings. The van der Waals surface area contributed by atoms with Gasteiger partial charge in [0.2, 0.25) is 5.91 Å². The fourth-order valence-electron chi connectivity index (χ4n) is 3.03. The van der Waals surface area contributed by atoms with Gasteiger partial charge >= 0.3 is 11.9 Å². The summed E-state index contributed by atoms with van der Waals surface area (Å²) in [6.07, 6.45) is 4.46. The smallest absolute Gasteiger partial charge is 0.414 e. The van der Waals surface area contributed by atoms with Crippen LogP contribution in [0.2, 0.25) is 0 Å². The summed E-state index contributed by atoms with van der Waals surface area (Å²) in [4.78, 5) is 32.3. The molecule has 30 heavy (non-hydrogen) atoms. The molecule has 1 heterocycles. The van der Waals surface area contributed by atoms with Crippen molar-refractivity contribution in [1.29, 1.82) is 5.26 Å². The van der Waals surface area contributed by atoms with Crippen LogP contribution < -0.4 is 5.32 Å². The Balaban J connectivity index is 0.000000469. The molecule has 162 valence electrons. The molecule has 0 bridgehead atoms. The van der Waals surface area contributed by atoms with Gasteiger partial charge in [-0.15, -0.1) is 0 Å². The highest BCUT2D eigenvalue weighted by Crippen LogP contribution is 2.20. The topological polar surface area (TPSA) is 140 Å². The average Bonchev–Trinajstić information content (AvgIpc) is 3.54. The zero-order chi connectivity index (χ0) is 21.9. The van der Waals surface area contributed by atoms with Crippen molar-refractivity contribution >= 4 is 17.8 Å². The number of nitrogens with one attached hydrogen (secondary N) is 1. The van der Waals surface area contributed by atoms with Gasteiger partial charge in [0.25, 0.3) is 0 Å². The first-order valence-electron chi connectivity index (χ1n) is 9.92. The van der Waals surface area contributed by atoms with Crippen molar-refractivity contribution in [2.75, 3.05) is 26.2 Å². The number of carboxylic acid groups (broad SMARTS) is 2. The standard InChI is InChI=1S/C19H25N3O2.C2H2O4/c20-11-15-1-3-16(4-2-15)13-24-14-17-7-9-22(10-8-17)12-19(23)21-18-5-6-18;3-1(4)2(5)6/h1-4,17-18H,5-10,12-14H2,(H,21,23);(H,3,4)(H,5,6). The number of piperidine rings is 1. The number of carbonyl (C=O) groups excluding carboxylic acids is 1. The average molecular weight is 417 g/mol. The third-order valence-corrected chi connectivity index (χ3v) is 4.91. The molecule has 1 aliphatic heterocycles. The van der Waals surface area contributed by atoms with E-state index in [4.69, 9.17) is 29.8 Å². The van der Waals surface area contributed by atoms with Gasteiger partial charge in [-0.05, 0) is 62.4 Å². The summed E-state index contributed by atoms with van der Waals surface area (Å²) >= 11 is 0. The lowest BCUT2D eigenvalue weighted by atomic mass is 9.98. The fraction of sp³-hybridized carbons (Fsp3) is 0.524. The zero-order valence-corrected chi connectivity index (χ0v) is 16.7. The van der Waals surface area contributed by atoms with Crippen LogP contribution in [0.15, 0.2) is 24.3 Å². The van der Waals surface area contributed by atoms with Gasteiger partial charge in [-0.1, -0.05) is 12.1 Å². The summed E-state index contributed by atoms with van der Waals surface area (Å²) in [7, 11) is 0. The number of hydrogen-bond acceptors (Lipinski definition) is 6. The Kier molecular flexibility index (Phi) is 9.25. The second kappa shape index (κ2) is 11.9. The number of amides is 1. The zero-order valence-electron chi connectivity index (χ0n) is 16.7. The predicted molar refractivity (Wildman–Crippen MR) is 106 cm³/mol. The van der Waals surface area contributed by atoms with Gasteiger partial charge in [0.15, 0.2) is 0 Å². The van der Waals surface area contributed by atoms with E-state index in [2.05, 4.69) is 16.3 Å². The minimum Gasteiger partial charge on any atom is -0.473 e. The first-order chi connectivity index (χ1) is 14.4. The van der Waals surface area contributed by atoms with Crippen LogP contribution in [0.5, 0.6) is 0 Å². The second-order valence-electron chi connectivity index (χ2n) is 7.50. The molecule has 1 aromatic carbocycles. The molecule has 9 nitrogen and oxygen atoms in total. The van der Waals surface area contributed by atoms with E-state index in [1.165, 1.54) is 0 Å². The third kappa shape index (κ3) is 9.03. The minimum atomic E-state index is -1.82. The van der Waals surface area contributed by atoms with Gasteiger partial charge in [-0.2, -0.15) is 5.26 Å². The van der Waals surface area contributed by atoms with E-state index in [1.807, 2.05) is 24.3 Å². The molecule has 1 saturated carbocycles. The Morgan fingerprint density at radius 1 is 1.07 bits per heavy atom. The van der Waals surface area contributed by atoms with Gasteiger partial charge in [0.05, 0.1) is 24.8 Å². The van der Waals surface area contributed by atoms with E-state index in [0.717, 1.165) is 50.9 Å². The third-order valence-electron chi connectivity index (χ3n) is 4.91. The summed E-state index contributed by atoms with van der Waals surface area (Å²) in [5.74, 6) is -2.90. The molecule has 1 saturated heterocycles. The van der Waals surface area contributed by atoms with Crippen molar-refractivity contribution in [2.24, 2.45) is 5.92 Å². The predicted octanol–water partition coefficient (Wildman–Crippen LogP) is 1.22. The van der Waals surface area contributed by atoms with E-state index in [0.29, 0.717) is 30.7 Å². The molecule has 3 N–H and O–H groups in total. The first kappa shape index (κ1) is 23.3. The van der Waals surface area contributed by atoms with Crippen LogP contribution in [0, 0.1) is 17.2 Å². The Hall–Kier alpha value is -2.96. The summed E-state index contributed by atoms with van der Waals surface area (Å²) in [5, 5.41) is 26.6. The SMILES string of the molecule is N#Cc1ccc(COCC2CCN(CC(=O)NC3CC3)CC2)cc1.O=C(O)C(=O)O. The van der Waals surface area contributed by atoms with Gasteiger partial charge in [0, 0.05) is 12.6 Å². The number of aliphatic carboxylic acids is 2. The number of nitriles is 1. The number of likely N-dealkylation sites (tertiary alicyclic amines) is 1. The number of hydrogen-bond donors (Lipinski definition) is 3. The normalized spacial score (nSPS) is 16.6. The molecule has 0 radical (unpaired) electrons. The molecule has 1 aromatic rings. The molecule has 9 heteroatoms. The minimum absolute atomic E-state index is 0.174. The summed E-state index contributed by atoms with van der Waals surface area (Å²) < 4.78 is 5.83. The molecule has 0 unspecified atom stereocenters. The first-order valence-corrected chi connectivity index (χ1v) is 9.92. The van der Waals surface area contributed by atoms with E-state index < -0.39 is 11.9 Å². The lowest BCUT2D eigenvalue weighted by molar-refractivity contribution is -0.159. The molecule has 2 fully saturated rings. The van der Waals surface area contributed by atoms with Crippen LogP contribution in [0.25, 0.3) is 0 Å². The van der Waals surface area contributed by atoms with E-state index in [-0.39, 0.29) is 5.91 Å². The van der Waals surface area contributed by atoms with Crippen LogP contribution in [-0.2, 0) is 25.7 Å². The molecule has 0 aromatic heterocycles. The Morgan fingerprint density at radius 3 is 2.17 bits per heavy atom. The van der Waals surface area contributed by atoms with Crippen molar-refractivity contribution < 1.29 is 29.3 Å². The lowest BCUT2D eigenvalue weighted by Crippen LogP contribution is -2.42. The number of carbonyl (C=O) groups is 3. The highest BCUT2D eigenvalue weighted by atomic mass is 16.5. The summed E-state index contributed by atoms with van der Waals surface area (Å²) in [6, 6.07) is 10.1. The number of ether oxygens (including phenoxy) is 1. The van der Waals surface area contributed by atoms with Crippen molar-refractivity contribution in [3.05, 3.63) is 35.4 Å². The van der Waals surface area contributed by atoms with Gasteiger partial charge in [-0.25, -0.2) is 9.59 Å². The number of carboxylic acids is 2. The molecule has 1 aliphatic carbocycles. The van der Waals surface area contributed by atoms with Crippen molar-refractivity contribution in [3.63, 3.8) is 0 Å². The van der Waals surface area contributed by atoms with Crippen molar-refractivity contribution in [1.82, 2.24) is 10.2 Å². The van der Waals surface area contributed by atoms with E-state index in [9.17, 15) is 4.79 Å². The van der Waals surface area contributed by atoms with Crippen LogP contribution in [0.3, 0.4) is 0 Å². The maximum Gasteiger partial charge on any atom is 0.414 e. The highest BCUT2D eigenvalue weighted by Gasteiger charge is 2.25. The lowest BCUT2D eigenvalue weighted by Gasteiger charge is -2.31. The van der Waals surface area contributed by atoms with E-state index in [1.54, 1.807) is 0 Å². The summed E-state index contributed by atoms with van der Waals surface area (Å²) in [5.41, 5.74) is 1.78. The van der Waals surface area contributed by atoms with Gasteiger partial charge in [-0.3, -0.25) is 9.69 Å². The van der Waals surface area contributed by atoms with Crippen LogP contribution in [0.4, 0.5) is 0 Å². The molecular weight excluding hydrogens is 390 g/mol. The summed E-state index contributed by atoms with van der Waals surface area (Å²) in [6.45, 7) is 3.85. The molecule has 0 atom stereocenters. The Bertz CT molecular complexity index is 750. The highest BCUT2D eigenvalue weighted by molar-refractivity contribution is 6.27. The molecule has 0 spiro atoms. The largest absolute Gasteiger partial charge is 0.473 e. The van der Waals surface area contributed by atoms with Gasteiger partial charge in [0.1, 0.15) is 0 Å². The maximum absolute atomic E-state index is 11.8. The molecule has 3 rings (SSSR count). The van der Waals surface area contributed by atoms with Crippen LogP contribution in [-0.4, -0.2) is 65.2 Å². The van der Waals surface area contributed by atoms with Crippen LogP contribution >= 0.6 is 0 Å². The van der Waals surface area contributed by atoms with Gasteiger partial charge < -0.3 is 20.3 Å². The Labute approximate surface area is 175 Å². The number of nitrogens with zero attached hydrogens (tertiary/aromatic N) is 2. The fourth-order valence-corrected chi connectivity index (χ4v) is 3.03. The van der Waals surface area contributed by atoms with Crippen LogP contribution in [0.1, 0.15) is 36.8 Å². The maximum atomic E-state index is 11.8. The quantitative estimate of drug-likeness (QED) is 0.563.